The van der Waals surface area contributed by atoms with Crippen molar-refractivity contribution in [1.29, 1.82) is 0 Å². The monoisotopic (exact) mass is 464 g/mol. The molecule has 34 heavy (non-hydrogen) atoms. The lowest BCUT2D eigenvalue weighted by atomic mass is 9.93. The molecule has 0 unspecified atom stereocenters. The van der Waals surface area contributed by atoms with Gasteiger partial charge in [-0.05, 0) is 38.1 Å². The van der Waals surface area contributed by atoms with E-state index in [2.05, 4.69) is 25.8 Å². The van der Waals surface area contributed by atoms with E-state index in [1.807, 2.05) is 20.8 Å². The fourth-order valence-corrected chi connectivity index (χ4v) is 4.01. The molecule has 2 N–H and O–H groups in total. The molecule has 1 aliphatic rings. The van der Waals surface area contributed by atoms with Crippen LogP contribution in [-0.4, -0.2) is 32.3 Å². The highest BCUT2D eigenvalue weighted by atomic mass is 19.1. The minimum absolute atomic E-state index is 0.0378. The van der Waals surface area contributed by atoms with Gasteiger partial charge in [0.15, 0.2) is 17.4 Å². The molecule has 0 atom stereocenters. The van der Waals surface area contributed by atoms with Gasteiger partial charge in [-0.3, -0.25) is 9.88 Å². The maximum Gasteiger partial charge on any atom is 0.331 e. The zero-order valence-electron chi connectivity index (χ0n) is 19.4. The summed E-state index contributed by atoms with van der Waals surface area (Å²) in [4.78, 5) is 21.5. The van der Waals surface area contributed by atoms with Crippen molar-refractivity contribution >= 4 is 22.8 Å². The summed E-state index contributed by atoms with van der Waals surface area (Å²) in [5.74, 6) is 0.757. The van der Waals surface area contributed by atoms with E-state index in [0.29, 0.717) is 41.6 Å². The lowest BCUT2D eigenvalue weighted by Gasteiger charge is -2.18. The second kappa shape index (κ2) is 8.21. The summed E-state index contributed by atoms with van der Waals surface area (Å²) >= 11 is 0. The summed E-state index contributed by atoms with van der Waals surface area (Å²) in [6, 6.07) is 5.98. The largest absolute Gasteiger partial charge is 0.436 e. The third-order valence-corrected chi connectivity index (χ3v) is 5.80. The van der Waals surface area contributed by atoms with Gasteiger partial charge in [0.2, 0.25) is 5.88 Å². The predicted octanol–water partition coefficient (Wildman–Crippen LogP) is 4.68. The number of hydrogen-bond donors (Lipinski definition) is 2. The van der Waals surface area contributed by atoms with Crippen LogP contribution in [0, 0.1) is 12.7 Å². The van der Waals surface area contributed by atoms with E-state index in [9.17, 15) is 4.79 Å². The van der Waals surface area contributed by atoms with Gasteiger partial charge in [0.1, 0.15) is 12.1 Å². The van der Waals surface area contributed by atoms with Gasteiger partial charge in [-0.2, -0.15) is 0 Å². The molecule has 1 aromatic carbocycles. The molecule has 0 saturated carbocycles. The first-order valence-electron chi connectivity index (χ1n) is 11.0. The van der Waals surface area contributed by atoms with Crippen molar-refractivity contribution in [3.63, 3.8) is 0 Å². The van der Waals surface area contributed by atoms with Gasteiger partial charge in [-0.25, -0.2) is 19.2 Å². The number of halogens is 1. The van der Waals surface area contributed by atoms with E-state index in [1.165, 1.54) is 17.0 Å². The number of nitrogens with zero attached hydrogens (tertiary/aromatic N) is 4. The second-order valence-corrected chi connectivity index (χ2v) is 9.32. The molecule has 0 aliphatic carbocycles. The lowest BCUT2D eigenvalue weighted by molar-refractivity contribution is 0.253. The summed E-state index contributed by atoms with van der Waals surface area (Å²) in [5, 5.41) is 10.2. The predicted molar refractivity (Wildman–Crippen MR) is 124 cm³/mol. The molecule has 0 radical (unpaired) electrons. The lowest BCUT2D eigenvalue weighted by Crippen LogP contribution is -2.25. The van der Waals surface area contributed by atoms with Gasteiger partial charge in [0.25, 0.3) is 0 Å². The molecule has 176 valence electrons. The summed E-state index contributed by atoms with van der Waals surface area (Å²) in [6.45, 7) is 9.09. The smallest absolute Gasteiger partial charge is 0.331 e. The molecule has 1 aliphatic heterocycles. The third-order valence-electron chi connectivity index (χ3n) is 5.80. The second-order valence-electron chi connectivity index (χ2n) is 9.32. The van der Waals surface area contributed by atoms with Gasteiger partial charge in [-0.15, -0.1) is 0 Å². The van der Waals surface area contributed by atoms with Crippen molar-refractivity contribution in [2.75, 3.05) is 11.9 Å². The van der Waals surface area contributed by atoms with Crippen LogP contribution in [0.4, 0.5) is 15.0 Å². The highest BCUT2D eigenvalue weighted by Gasteiger charge is 2.23. The number of benzene rings is 1. The van der Waals surface area contributed by atoms with E-state index in [4.69, 9.17) is 9.26 Å². The quantitative estimate of drug-likeness (QED) is 0.453. The number of aryl methyl sites for hydroxylation is 1. The molecule has 4 aromatic rings. The van der Waals surface area contributed by atoms with Crippen LogP contribution in [0.15, 0.2) is 35.1 Å². The standard InChI is InChI=1S/C24H25FN6O3/c1-13-9-15-17(31(13)23(32)29-20-10-19(34-30-20)24(2,3)4)5-6-18(21(15)25)33-22-14-7-8-26-11-16(14)27-12-28-22/h5-6,9-10,12,26H,7-8,11H2,1-4H3,(H,29,30,32). The number of amides is 1. The molecular formula is C24H25FN6O3. The van der Waals surface area contributed by atoms with Crippen molar-refractivity contribution in [3.8, 4) is 11.6 Å². The van der Waals surface area contributed by atoms with Crippen LogP contribution in [0.25, 0.3) is 10.9 Å². The maximum absolute atomic E-state index is 15.5. The van der Waals surface area contributed by atoms with E-state index < -0.39 is 11.8 Å². The third kappa shape index (κ3) is 3.90. The summed E-state index contributed by atoms with van der Waals surface area (Å²) in [5.41, 5.74) is 2.45. The maximum atomic E-state index is 15.5. The number of ether oxygens (including phenoxy) is 1. The Morgan fingerprint density at radius 3 is 2.85 bits per heavy atom. The zero-order chi connectivity index (χ0) is 24.0. The minimum atomic E-state index is -0.565. The van der Waals surface area contributed by atoms with Crippen LogP contribution in [-0.2, 0) is 18.4 Å². The van der Waals surface area contributed by atoms with Crippen LogP contribution in [0.2, 0.25) is 0 Å². The topological polar surface area (TPSA) is 107 Å². The summed E-state index contributed by atoms with van der Waals surface area (Å²) < 4.78 is 28.0. The van der Waals surface area contributed by atoms with Crippen LogP contribution in [0.3, 0.4) is 0 Å². The minimum Gasteiger partial charge on any atom is -0.436 e. The van der Waals surface area contributed by atoms with Crippen LogP contribution >= 0.6 is 0 Å². The Kier molecular flexibility index (Phi) is 5.32. The van der Waals surface area contributed by atoms with Crippen LogP contribution in [0.5, 0.6) is 11.6 Å². The summed E-state index contributed by atoms with van der Waals surface area (Å²) in [7, 11) is 0. The highest BCUT2D eigenvalue weighted by Crippen LogP contribution is 2.33. The van der Waals surface area contributed by atoms with E-state index in [0.717, 1.165) is 17.8 Å². The molecule has 0 fully saturated rings. The summed E-state index contributed by atoms with van der Waals surface area (Å²) in [6.07, 6.45) is 2.11. The molecule has 10 heteroatoms. The fraction of sp³-hybridized carbons (Fsp3) is 0.333. The molecule has 0 bridgehead atoms. The van der Waals surface area contributed by atoms with E-state index in [1.54, 1.807) is 25.1 Å². The Morgan fingerprint density at radius 2 is 2.09 bits per heavy atom. The van der Waals surface area contributed by atoms with E-state index in [-0.39, 0.29) is 16.6 Å². The van der Waals surface area contributed by atoms with Gasteiger partial charge in [-0.1, -0.05) is 25.9 Å². The van der Waals surface area contributed by atoms with Gasteiger partial charge >= 0.3 is 6.03 Å². The van der Waals surface area contributed by atoms with Crippen LogP contribution < -0.4 is 15.4 Å². The van der Waals surface area contributed by atoms with Crippen molar-refractivity contribution in [2.45, 2.75) is 46.1 Å². The molecule has 1 amide bonds. The first kappa shape index (κ1) is 22.0. The molecule has 0 saturated heterocycles. The van der Waals surface area contributed by atoms with Gasteiger partial charge < -0.3 is 14.6 Å². The number of aromatic nitrogens is 4. The number of anilines is 1. The molecule has 5 rings (SSSR count). The van der Waals surface area contributed by atoms with Crippen molar-refractivity contribution in [3.05, 3.63) is 59.1 Å². The molecule has 3 aromatic heterocycles. The van der Waals surface area contributed by atoms with E-state index >= 15 is 4.39 Å². The average Bonchev–Trinajstić information content (AvgIpc) is 3.40. The molecule has 4 heterocycles. The first-order valence-corrected chi connectivity index (χ1v) is 11.0. The van der Waals surface area contributed by atoms with Crippen LogP contribution in [0.1, 0.15) is 43.5 Å². The number of hydrogen-bond acceptors (Lipinski definition) is 7. The number of rotatable bonds is 3. The SMILES string of the molecule is Cc1cc2c(F)c(Oc3ncnc4c3CCNC4)ccc2n1C(=O)Nc1cc(C(C)(C)C)on1. The number of carbonyl (C=O) groups excluding carboxylic acids is 1. The Hall–Kier alpha value is -3.79. The average molecular weight is 465 g/mol. The molecular weight excluding hydrogens is 439 g/mol. The van der Waals surface area contributed by atoms with Crippen molar-refractivity contribution < 1.29 is 18.4 Å². The Balaban J connectivity index is 1.45. The molecule has 9 nitrogen and oxygen atoms in total. The Morgan fingerprint density at radius 1 is 1.26 bits per heavy atom. The van der Waals surface area contributed by atoms with Gasteiger partial charge in [0.05, 0.1) is 11.2 Å². The first-order chi connectivity index (χ1) is 16.2. The Labute approximate surface area is 195 Å². The highest BCUT2D eigenvalue weighted by molar-refractivity contribution is 5.99. The molecule has 0 spiro atoms. The van der Waals surface area contributed by atoms with Gasteiger partial charge in [0, 0.05) is 34.7 Å². The normalized spacial score (nSPS) is 13.7. The zero-order valence-corrected chi connectivity index (χ0v) is 19.4. The van der Waals surface area contributed by atoms with Crippen molar-refractivity contribution in [1.82, 2.24) is 25.0 Å². The van der Waals surface area contributed by atoms with Crippen molar-refractivity contribution in [2.24, 2.45) is 0 Å². The number of fused-ring (bicyclic) bond motifs is 2. The fourth-order valence-electron chi connectivity index (χ4n) is 4.01. The number of nitrogens with one attached hydrogen (secondary N) is 2. The number of carbonyl (C=O) groups is 1. The Bertz CT molecular complexity index is 1400.